The molecule has 1 aliphatic rings. The van der Waals surface area contributed by atoms with E-state index >= 15 is 0 Å². The molecule has 0 N–H and O–H groups in total. The molecule has 1 saturated heterocycles. The van der Waals surface area contributed by atoms with Gasteiger partial charge in [0, 0.05) is 16.8 Å². The molecule has 2 atom stereocenters. The first-order valence-electron chi connectivity index (χ1n) is 5.84. The summed E-state index contributed by atoms with van der Waals surface area (Å²) >= 11 is 1.94. The van der Waals surface area contributed by atoms with E-state index in [4.69, 9.17) is 4.74 Å². The Morgan fingerprint density at radius 1 is 1.38 bits per heavy atom. The summed E-state index contributed by atoms with van der Waals surface area (Å²) in [6.07, 6.45) is 5.70. The molecule has 16 heavy (non-hydrogen) atoms. The van der Waals surface area contributed by atoms with Crippen LogP contribution in [0.5, 0.6) is 0 Å². The molecule has 1 aromatic carbocycles. The zero-order valence-electron chi connectivity index (χ0n) is 9.47. The molecule has 1 aliphatic heterocycles. The highest BCUT2D eigenvalue weighted by Crippen LogP contribution is 2.33. The van der Waals surface area contributed by atoms with Crippen LogP contribution in [-0.4, -0.2) is 18.0 Å². The third-order valence-corrected chi connectivity index (χ3v) is 4.20. The number of hydrogen-bond acceptors (Lipinski definition) is 2. The van der Waals surface area contributed by atoms with Gasteiger partial charge in [-0.25, -0.2) is 0 Å². The van der Waals surface area contributed by atoms with Crippen molar-refractivity contribution in [3.8, 4) is 0 Å². The molecule has 2 rings (SSSR count). The van der Waals surface area contributed by atoms with Crippen molar-refractivity contribution in [2.75, 3.05) is 6.61 Å². The van der Waals surface area contributed by atoms with Crippen molar-refractivity contribution in [3.05, 3.63) is 43.0 Å². The van der Waals surface area contributed by atoms with E-state index in [0.717, 1.165) is 13.0 Å². The molecule has 0 aromatic heterocycles. The van der Waals surface area contributed by atoms with Crippen LogP contribution in [-0.2, 0) is 4.74 Å². The van der Waals surface area contributed by atoms with Crippen LogP contribution in [0.15, 0.2) is 47.9 Å². The largest absolute Gasteiger partial charge is 0.377 e. The Morgan fingerprint density at radius 3 is 2.94 bits per heavy atom. The summed E-state index contributed by atoms with van der Waals surface area (Å²) in [6, 6.07) is 10.6. The minimum Gasteiger partial charge on any atom is -0.377 e. The van der Waals surface area contributed by atoms with Gasteiger partial charge in [-0.1, -0.05) is 24.3 Å². The summed E-state index contributed by atoms with van der Waals surface area (Å²) in [5.74, 6) is 0. The second-order valence-corrected chi connectivity index (χ2v) is 5.36. The lowest BCUT2D eigenvalue weighted by Crippen LogP contribution is -2.31. The molecule has 0 radical (unpaired) electrons. The molecule has 1 nitrogen and oxygen atoms in total. The quantitative estimate of drug-likeness (QED) is 0.731. The fourth-order valence-electron chi connectivity index (χ4n) is 2.01. The van der Waals surface area contributed by atoms with Gasteiger partial charge in [0.1, 0.15) is 0 Å². The Labute approximate surface area is 102 Å². The van der Waals surface area contributed by atoms with Crippen molar-refractivity contribution in [2.45, 2.75) is 35.5 Å². The van der Waals surface area contributed by atoms with Gasteiger partial charge in [-0.2, -0.15) is 0 Å². The molecular formula is C14H18OS. The lowest BCUT2D eigenvalue weighted by Gasteiger charge is -2.30. The Kier molecular flexibility index (Phi) is 4.49. The SMILES string of the molecule is C=CCC1OCCCC1Sc1ccccc1. The minimum atomic E-state index is 0.344. The lowest BCUT2D eigenvalue weighted by atomic mass is 10.1. The highest BCUT2D eigenvalue weighted by atomic mass is 32.2. The standard InChI is InChI=1S/C14H18OS/c1-2-7-13-14(10-6-11-15-13)16-12-8-4-3-5-9-12/h2-5,8-9,13-14H,1,6-7,10-11H2. The Balaban J connectivity index is 1.98. The smallest absolute Gasteiger partial charge is 0.0731 e. The Hall–Kier alpha value is -0.730. The second-order valence-electron chi connectivity index (χ2n) is 4.05. The van der Waals surface area contributed by atoms with Crippen molar-refractivity contribution >= 4 is 11.8 Å². The summed E-state index contributed by atoms with van der Waals surface area (Å²) in [6.45, 7) is 4.71. The number of benzene rings is 1. The number of thioether (sulfide) groups is 1. The summed E-state index contributed by atoms with van der Waals surface area (Å²) in [7, 11) is 0. The summed E-state index contributed by atoms with van der Waals surface area (Å²) in [5.41, 5.74) is 0. The van der Waals surface area contributed by atoms with Crippen LogP contribution in [0.2, 0.25) is 0 Å². The third kappa shape index (κ3) is 3.13. The predicted octanol–water partition coefficient (Wildman–Crippen LogP) is 3.90. The zero-order chi connectivity index (χ0) is 11.2. The first kappa shape index (κ1) is 11.7. The maximum absolute atomic E-state index is 5.81. The van der Waals surface area contributed by atoms with Crippen molar-refractivity contribution in [2.24, 2.45) is 0 Å². The van der Waals surface area contributed by atoms with E-state index in [0.29, 0.717) is 11.4 Å². The first-order valence-corrected chi connectivity index (χ1v) is 6.72. The summed E-state index contributed by atoms with van der Waals surface area (Å²) in [4.78, 5) is 1.34. The number of hydrogen-bond donors (Lipinski definition) is 0. The van der Waals surface area contributed by atoms with E-state index in [1.54, 1.807) is 0 Å². The fraction of sp³-hybridized carbons (Fsp3) is 0.429. The minimum absolute atomic E-state index is 0.344. The Bertz CT molecular complexity index is 323. The molecule has 2 unspecified atom stereocenters. The van der Waals surface area contributed by atoms with Gasteiger partial charge >= 0.3 is 0 Å². The van der Waals surface area contributed by atoms with Crippen LogP contribution < -0.4 is 0 Å². The molecular weight excluding hydrogens is 216 g/mol. The molecule has 0 spiro atoms. The van der Waals surface area contributed by atoms with Crippen molar-refractivity contribution in [3.63, 3.8) is 0 Å². The Morgan fingerprint density at radius 2 is 2.19 bits per heavy atom. The molecule has 1 fully saturated rings. The van der Waals surface area contributed by atoms with Gasteiger partial charge < -0.3 is 4.74 Å². The highest BCUT2D eigenvalue weighted by Gasteiger charge is 2.25. The van der Waals surface area contributed by atoms with E-state index in [1.165, 1.54) is 17.7 Å². The van der Waals surface area contributed by atoms with Gasteiger partial charge in [0.2, 0.25) is 0 Å². The first-order chi connectivity index (χ1) is 7.90. The van der Waals surface area contributed by atoms with Crippen LogP contribution in [0, 0.1) is 0 Å². The molecule has 0 aliphatic carbocycles. The topological polar surface area (TPSA) is 9.23 Å². The maximum Gasteiger partial charge on any atom is 0.0731 e. The average Bonchev–Trinajstić information content (AvgIpc) is 2.33. The predicted molar refractivity (Wildman–Crippen MR) is 69.9 cm³/mol. The molecule has 2 heteroatoms. The monoisotopic (exact) mass is 234 g/mol. The highest BCUT2D eigenvalue weighted by molar-refractivity contribution is 8.00. The van der Waals surface area contributed by atoms with E-state index in [2.05, 4.69) is 36.9 Å². The van der Waals surface area contributed by atoms with Gasteiger partial charge in [-0.05, 0) is 31.4 Å². The van der Waals surface area contributed by atoms with E-state index in [-0.39, 0.29) is 0 Å². The lowest BCUT2D eigenvalue weighted by molar-refractivity contribution is 0.0236. The van der Waals surface area contributed by atoms with E-state index in [1.807, 2.05) is 17.8 Å². The fourth-order valence-corrected chi connectivity index (χ4v) is 3.30. The van der Waals surface area contributed by atoms with Crippen LogP contribution in [0.25, 0.3) is 0 Å². The summed E-state index contributed by atoms with van der Waals surface area (Å²) < 4.78 is 5.81. The van der Waals surface area contributed by atoms with Gasteiger partial charge in [-0.15, -0.1) is 18.3 Å². The van der Waals surface area contributed by atoms with Crippen molar-refractivity contribution < 1.29 is 4.74 Å². The van der Waals surface area contributed by atoms with Crippen LogP contribution in [0.1, 0.15) is 19.3 Å². The van der Waals surface area contributed by atoms with Crippen molar-refractivity contribution in [1.29, 1.82) is 0 Å². The van der Waals surface area contributed by atoms with E-state index in [9.17, 15) is 0 Å². The maximum atomic E-state index is 5.81. The summed E-state index contributed by atoms with van der Waals surface area (Å²) in [5, 5.41) is 0.578. The van der Waals surface area contributed by atoms with Crippen LogP contribution >= 0.6 is 11.8 Å². The number of rotatable bonds is 4. The molecule has 0 saturated carbocycles. The molecule has 0 bridgehead atoms. The number of ether oxygens (including phenoxy) is 1. The average molecular weight is 234 g/mol. The third-order valence-electron chi connectivity index (χ3n) is 2.81. The normalized spacial score (nSPS) is 25.2. The van der Waals surface area contributed by atoms with E-state index < -0.39 is 0 Å². The van der Waals surface area contributed by atoms with Gasteiger partial charge in [0.25, 0.3) is 0 Å². The van der Waals surface area contributed by atoms with Gasteiger partial charge in [-0.3, -0.25) is 0 Å². The van der Waals surface area contributed by atoms with Gasteiger partial charge in [0.15, 0.2) is 0 Å². The van der Waals surface area contributed by atoms with Gasteiger partial charge in [0.05, 0.1) is 6.10 Å². The molecule has 1 heterocycles. The van der Waals surface area contributed by atoms with Crippen LogP contribution in [0.4, 0.5) is 0 Å². The second kappa shape index (κ2) is 6.12. The molecule has 86 valence electrons. The zero-order valence-corrected chi connectivity index (χ0v) is 10.3. The molecule has 0 amide bonds. The van der Waals surface area contributed by atoms with Crippen LogP contribution in [0.3, 0.4) is 0 Å². The molecule has 1 aromatic rings. The van der Waals surface area contributed by atoms with Crippen molar-refractivity contribution in [1.82, 2.24) is 0 Å².